The van der Waals surface area contributed by atoms with Gasteiger partial charge in [-0.1, -0.05) is 46.9 Å². The Labute approximate surface area is 227 Å². The van der Waals surface area contributed by atoms with Crippen molar-refractivity contribution in [1.29, 1.82) is 0 Å². The van der Waals surface area contributed by atoms with Crippen molar-refractivity contribution in [2.45, 2.75) is 32.0 Å². The first-order chi connectivity index (χ1) is 17.3. The highest BCUT2D eigenvalue weighted by molar-refractivity contribution is 7.16. The number of primary amides is 1. The van der Waals surface area contributed by atoms with Gasteiger partial charge in [0.05, 0.1) is 26.1 Å². The van der Waals surface area contributed by atoms with E-state index in [4.69, 9.17) is 50.0 Å². The molecule has 11 heteroatoms. The molecule has 0 saturated carbocycles. The number of piperidine rings is 1. The first kappa shape index (κ1) is 25.2. The number of aromatic nitrogens is 2. The molecule has 7 nitrogen and oxygen atoms in total. The minimum absolute atomic E-state index is 0.115. The van der Waals surface area contributed by atoms with E-state index in [1.54, 1.807) is 24.5 Å². The summed E-state index contributed by atoms with van der Waals surface area (Å²) in [5.41, 5.74) is 7.85. The summed E-state index contributed by atoms with van der Waals surface area (Å²) in [4.78, 5) is 16.9. The zero-order valence-corrected chi connectivity index (χ0v) is 22.3. The number of imidazole rings is 1. The molecule has 1 amide bonds. The van der Waals surface area contributed by atoms with Crippen LogP contribution in [-0.4, -0.2) is 34.7 Å². The smallest absolute Gasteiger partial charge is 0.262 e. The third kappa shape index (κ3) is 5.01. The molecule has 2 aromatic heterocycles. The first-order valence-electron chi connectivity index (χ1n) is 11.4. The Hall–Kier alpha value is -2.49. The van der Waals surface area contributed by atoms with Gasteiger partial charge in [0.15, 0.2) is 0 Å². The maximum Gasteiger partial charge on any atom is 0.262 e. The number of nitrogens with two attached hydrogens (primary N) is 1. The number of nitrogens with zero attached hydrogens (tertiary/aromatic N) is 2. The van der Waals surface area contributed by atoms with Gasteiger partial charge in [0.25, 0.3) is 5.91 Å². The SMILES string of the molecule is CC(Oc1cc(-n2cnc3cc(Cl)c(Cl)cc32)sc1C(N)=O)c1cccc(OC2CCNCC2)c1Cl. The van der Waals surface area contributed by atoms with E-state index in [1.807, 2.05) is 29.7 Å². The molecule has 5 rings (SSSR count). The topological polar surface area (TPSA) is 91.4 Å². The molecule has 1 aliphatic rings. The quantitative estimate of drug-likeness (QED) is 0.270. The highest BCUT2D eigenvalue weighted by Gasteiger charge is 2.23. The number of carbonyl (C=O) groups is 1. The number of hydrogen-bond acceptors (Lipinski definition) is 6. The van der Waals surface area contributed by atoms with E-state index in [2.05, 4.69) is 10.3 Å². The zero-order valence-electron chi connectivity index (χ0n) is 19.3. The van der Waals surface area contributed by atoms with E-state index < -0.39 is 12.0 Å². The molecule has 1 atom stereocenters. The molecular weight excluding hydrogens is 543 g/mol. The maximum atomic E-state index is 12.3. The van der Waals surface area contributed by atoms with Gasteiger partial charge in [0, 0.05) is 11.6 Å². The van der Waals surface area contributed by atoms with Crippen LogP contribution in [0.3, 0.4) is 0 Å². The Morgan fingerprint density at radius 3 is 2.67 bits per heavy atom. The van der Waals surface area contributed by atoms with E-state index >= 15 is 0 Å². The fraction of sp³-hybridized carbons (Fsp3) is 0.280. The summed E-state index contributed by atoms with van der Waals surface area (Å²) < 4.78 is 14.2. The lowest BCUT2D eigenvalue weighted by Gasteiger charge is -2.25. The summed E-state index contributed by atoms with van der Waals surface area (Å²) >= 11 is 20.3. The van der Waals surface area contributed by atoms with E-state index in [0.717, 1.165) is 37.0 Å². The van der Waals surface area contributed by atoms with Crippen LogP contribution in [0.1, 0.15) is 41.1 Å². The van der Waals surface area contributed by atoms with Crippen molar-refractivity contribution in [2.75, 3.05) is 13.1 Å². The molecule has 0 radical (unpaired) electrons. The van der Waals surface area contributed by atoms with Crippen molar-refractivity contribution in [1.82, 2.24) is 14.9 Å². The number of rotatable bonds is 7. The van der Waals surface area contributed by atoms with Crippen molar-refractivity contribution in [3.8, 4) is 16.5 Å². The standard InChI is InChI=1S/C25H23Cl3N4O3S/c1-13(15-3-2-4-20(23(15)28)35-14-5-7-30-8-6-14)34-21-11-22(36-24(21)25(29)33)32-12-31-18-9-16(26)17(27)10-19(18)32/h2-4,9-14,30H,5-8H2,1H3,(H2,29,33). The van der Waals surface area contributed by atoms with Crippen molar-refractivity contribution in [3.05, 3.63) is 68.2 Å². The third-order valence-electron chi connectivity index (χ3n) is 6.05. The maximum absolute atomic E-state index is 12.3. The van der Waals surface area contributed by atoms with Crippen molar-refractivity contribution >= 4 is 63.1 Å². The average Bonchev–Trinajstić information content (AvgIpc) is 3.45. The predicted molar refractivity (Wildman–Crippen MR) is 144 cm³/mol. The van der Waals surface area contributed by atoms with E-state index in [1.165, 1.54) is 11.3 Å². The van der Waals surface area contributed by atoms with Crippen LogP contribution < -0.4 is 20.5 Å². The minimum atomic E-state index is -0.590. The number of hydrogen-bond donors (Lipinski definition) is 2. The van der Waals surface area contributed by atoms with Crippen molar-refractivity contribution in [3.63, 3.8) is 0 Å². The second-order valence-electron chi connectivity index (χ2n) is 8.50. The van der Waals surface area contributed by atoms with Gasteiger partial charge in [0.2, 0.25) is 0 Å². The number of halogens is 3. The van der Waals surface area contributed by atoms with Crippen molar-refractivity contribution < 1.29 is 14.3 Å². The van der Waals surface area contributed by atoms with Crippen LogP contribution in [0, 0.1) is 0 Å². The molecule has 3 N–H and O–H groups in total. The van der Waals surface area contributed by atoms with Gasteiger partial charge >= 0.3 is 0 Å². The number of thiophene rings is 1. The number of fused-ring (bicyclic) bond motifs is 1. The molecular formula is C25H23Cl3N4O3S. The van der Waals surface area contributed by atoms with Crippen LogP contribution >= 0.6 is 46.1 Å². The molecule has 0 bridgehead atoms. The minimum Gasteiger partial charge on any atom is -0.489 e. The first-order valence-corrected chi connectivity index (χ1v) is 13.4. The molecule has 1 fully saturated rings. The average molecular weight is 566 g/mol. The fourth-order valence-corrected chi connectivity index (χ4v) is 5.77. The molecule has 36 heavy (non-hydrogen) atoms. The molecule has 188 valence electrons. The largest absolute Gasteiger partial charge is 0.489 e. The van der Waals surface area contributed by atoms with Gasteiger partial charge in [-0.05, 0) is 51.1 Å². The Morgan fingerprint density at radius 2 is 1.92 bits per heavy atom. The van der Waals surface area contributed by atoms with E-state index in [-0.39, 0.29) is 11.0 Å². The molecule has 3 heterocycles. The summed E-state index contributed by atoms with van der Waals surface area (Å²) in [6.45, 7) is 3.71. The Morgan fingerprint density at radius 1 is 1.17 bits per heavy atom. The highest BCUT2D eigenvalue weighted by Crippen LogP contribution is 2.39. The summed E-state index contributed by atoms with van der Waals surface area (Å²) in [7, 11) is 0. The molecule has 0 spiro atoms. The van der Waals surface area contributed by atoms with Crippen LogP contribution in [0.5, 0.6) is 11.5 Å². The molecule has 2 aromatic carbocycles. The number of benzene rings is 2. The Kier molecular flexibility index (Phi) is 7.32. The number of nitrogens with one attached hydrogen (secondary N) is 1. The highest BCUT2D eigenvalue weighted by atomic mass is 35.5. The number of amides is 1. The summed E-state index contributed by atoms with van der Waals surface area (Å²) in [5, 5.41) is 5.34. The predicted octanol–water partition coefficient (Wildman–Crippen LogP) is 6.42. The monoisotopic (exact) mass is 564 g/mol. The lowest BCUT2D eigenvalue weighted by molar-refractivity contribution is 0.0998. The van der Waals surface area contributed by atoms with Gasteiger partial charge < -0.3 is 20.5 Å². The summed E-state index contributed by atoms with van der Waals surface area (Å²) in [6.07, 6.45) is 3.13. The molecule has 4 aromatic rings. The van der Waals surface area contributed by atoms with Gasteiger partial charge in [0.1, 0.15) is 39.9 Å². The van der Waals surface area contributed by atoms with Gasteiger partial charge in [-0.2, -0.15) is 0 Å². The Balaban J connectivity index is 1.43. The van der Waals surface area contributed by atoms with Gasteiger partial charge in [-0.15, -0.1) is 11.3 Å². The summed E-state index contributed by atoms with van der Waals surface area (Å²) in [6, 6.07) is 10.8. The lowest BCUT2D eigenvalue weighted by atomic mass is 10.1. The zero-order chi connectivity index (χ0) is 25.4. The fourth-order valence-electron chi connectivity index (χ4n) is 4.20. The van der Waals surface area contributed by atoms with Crippen LogP contribution in [0.25, 0.3) is 16.0 Å². The van der Waals surface area contributed by atoms with E-state index in [9.17, 15) is 4.79 Å². The van der Waals surface area contributed by atoms with Gasteiger partial charge in [-0.25, -0.2) is 4.98 Å². The molecule has 1 aliphatic heterocycles. The molecule has 1 saturated heterocycles. The van der Waals surface area contributed by atoms with Crippen LogP contribution in [0.4, 0.5) is 0 Å². The number of ether oxygens (including phenoxy) is 2. The molecule has 0 aliphatic carbocycles. The van der Waals surface area contributed by atoms with E-state index in [0.29, 0.717) is 37.1 Å². The van der Waals surface area contributed by atoms with Gasteiger partial charge in [-0.3, -0.25) is 9.36 Å². The summed E-state index contributed by atoms with van der Waals surface area (Å²) in [5.74, 6) is 0.392. The lowest BCUT2D eigenvalue weighted by Crippen LogP contribution is -2.34. The van der Waals surface area contributed by atoms with Crippen LogP contribution in [0.15, 0.2) is 42.7 Å². The Bertz CT molecular complexity index is 1430. The third-order valence-corrected chi connectivity index (χ3v) is 8.31. The van der Waals surface area contributed by atoms with Crippen LogP contribution in [0.2, 0.25) is 15.1 Å². The van der Waals surface area contributed by atoms with Crippen molar-refractivity contribution in [2.24, 2.45) is 5.73 Å². The normalized spacial score (nSPS) is 15.2. The van der Waals surface area contributed by atoms with Crippen LogP contribution in [-0.2, 0) is 0 Å². The molecule has 1 unspecified atom stereocenters. The number of carbonyl (C=O) groups excluding carboxylic acids is 1. The second kappa shape index (κ2) is 10.5. The second-order valence-corrected chi connectivity index (χ2v) is 10.7.